The molecule has 3 N–H and O–H groups in total. The number of aryl methyl sites for hydroxylation is 1. The normalized spacial score (nSPS) is 10.6. The summed E-state index contributed by atoms with van der Waals surface area (Å²) in [6.45, 7) is 4.31. The van der Waals surface area contributed by atoms with Crippen LogP contribution in [0.2, 0.25) is 0 Å². The van der Waals surface area contributed by atoms with E-state index in [0.717, 1.165) is 5.56 Å². The number of primary amides is 1. The summed E-state index contributed by atoms with van der Waals surface area (Å²) in [5, 5.41) is 2.79. The van der Waals surface area contributed by atoms with Crippen molar-refractivity contribution in [2.45, 2.75) is 32.6 Å². The first-order chi connectivity index (χ1) is 11.0. The molecule has 0 unspecified atom stereocenters. The first kappa shape index (κ1) is 16.7. The average molecular weight is 310 g/mol. The van der Waals surface area contributed by atoms with Gasteiger partial charge in [0, 0.05) is 17.7 Å². The van der Waals surface area contributed by atoms with Crippen LogP contribution in [0, 0.1) is 0 Å². The number of nitrogens with one attached hydrogen (secondary N) is 1. The molecule has 2 aromatic carbocycles. The van der Waals surface area contributed by atoms with E-state index in [4.69, 9.17) is 5.73 Å². The Morgan fingerprint density at radius 1 is 1.09 bits per heavy atom. The van der Waals surface area contributed by atoms with Crippen LogP contribution in [0.15, 0.2) is 48.5 Å². The highest BCUT2D eigenvalue weighted by Gasteiger charge is 2.06. The van der Waals surface area contributed by atoms with Crippen LogP contribution < -0.4 is 11.1 Å². The topological polar surface area (TPSA) is 72.2 Å². The van der Waals surface area contributed by atoms with Gasteiger partial charge in [-0.1, -0.05) is 44.2 Å². The monoisotopic (exact) mass is 310 g/mol. The smallest absolute Gasteiger partial charge is 0.248 e. The predicted molar refractivity (Wildman–Crippen MR) is 92.4 cm³/mol. The van der Waals surface area contributed by atoms with Crippen LogP contribution in [0.5, 0.6) is 0 Å². The van der Waals surface area contributed by atoms with E-state index in [9.17, 15) is 9.59 Å². The van der Waals surface area contributed by atoms with Crippen LogP contribution in [-0.2, 0) is 11.2 Å². The third-order valence-electron chi connectivity index (χ3n) is 3.72. The van der Waals surface area contributed by atoms with Crippen molar-refractivity contribution in [3.8, 4) is 0 Å². The molecule has 120 valence electrons. The lowest BCUT2D eigenvalue weighted by molar-refractivity contribution is -0.116. The number of hydrogen-bond donors (Lipinski definition) is 2. The number of carbonyl (C=O) groups excluding carboxylic acids is 2. The van der Waals surface area contributed by atoms with Crippen molar-refractivity contribution in [1.29, 1.82) is 0 Å². The van der Waals surface area contributed by atoms with Gasteiger partial charge in [-0.3, -0.25) is 9.59 Å². The molecule has 0 bridgehead atoms. The molecule has 0 atom stereocenters. The van der Waals surface area contributed by atoms with Crippen molar-refractivity contribution >= 4 is 17.5 Å². The largest absolute Gasteiger partial charge is 0.366 e. The van der Waals surface area contributed by atoms with E-state index in [1.54, 1.807) is 24.3 Å². The molecule has 0 radical (unpaired) electrons. The van der Waals surface area contributed by atoms with Crippen molar-refractivity contribution in [2.24, 2.45) is 5.73 Å². The van der Waals surface area contributed by atoms with Crippen molar-refractivity contribution in [3.05, 3.63) is 65.2 Å². The van der Waals surface area contributed by atoms with Crippen LogP contribution in [0.4, 0.5) is 5.69 Å². The second-order valence-corrected chi connectivity index (χ2v) is 5.89. The molecule has 2 rings (SSSR count). The second kappa shape index (κ2) is 7.58. The number of nitrogens with two attached hydrogens (primary N) is 1. The lowest BCUT2D eigenvalue weighted by Crippen LogP contribution is -2.14. The average Bonchev–Trinajstić information content (AvgIpc) is 2.53. The molecular formula is C19H22N2O2. The molecule has 2 amide bonds. The number of hydrogen-bond acceptors (Lipinski definition) is 2. The first-order valence-corrected chi connectivity index (χ1v) is 7.74. The summed E-state index contributed by atoms with van der Waals surface area (Å²) < 4.78 is 0. The Morgan fingerprint density at radius 2 is 1.78 bits per heavy atom. The SMILES string of the molecule is CC(C)c1ccc(CCC(=O)Nc2cccc(C(N)=O)c2)cc1. The molecular weight excluding hydrogens is 288 g/mol. The van der Waals surface area contributed by atoms with E-state index in [-0.39, 0.29) is 5.91 Å². The zero-order chi connectivity index (χ0) is 16.8. The summed E-state index contributed by atoms with van der Waals surface area (Å²) in [4.78, 5) is 23.1. The first-order valence-electron chi connectivity index (χ1n) is 7.74. The van der Waals surface area contributed by atoms with Gasteiger partial charge in [0.1, 0.15) is 0 Å². The Kier molecular flexibility index (Phi) is 5.52. The molecule has 0 spiro atoms. The highest BCUT2D eigenvalue weighted by atomic mass is 16.2. The maximum absolute atomic E-state index is 12.0. The minimum Gasteiger partial charge on any atom is -0.366 e. The Bertz CT molecular complexity index is 691. The molecule has 0 saturated carbocycles. The van der Waals surface area contributed by atoms with Gasteiger partial charge >= 0.3 is 0 Å². The maximum Gasteiger partial charge on any atom is 0.248 e. The Labute approximate surface area is 136 Å². The van der Waals surface area contributed by atoms with Gasteiger partial charge in [0.05, 0.1) is 0 Å². The van der Waals surface area contributed by atoms with Crippen molar-refractivity contribution in [3.63, 3.8) is 0 Å². The van der Waals surface area contributed by atoms with Crippen molar-refractivity contribution < 1.29 is 9.59 Å². The van der Waals surface area contributed by atoms with E-state index in [1.807, 2.05) is 0 Å². The molecule has 0 saturated heterocycles. The van der Waals surface area contributed by atoms with E-state index >= 15 is 0 Å². The Balaban J connectivity index is 1.90. The van der Waals surface area contributed by atoms with Crippen molar-refractivity contribution in [2.75, 3.05) is 5.32 Å². The van der Waals surface area contributed by atoms with Crippen LogP contribution >= 0.6 is 0 Å². The molecule has 2 aromatic rings. The highest BCUT2D eigenvalue weighted by molar-refractivity contribution is 5.96. The number of amides is 2. The zero-order valence-corrected chi connectivity index (χ0v) is 13.5. The zero-order valence-electron chi connectivity index (χ0n) is 13.5. The summed E-state index contributed by atoms with van der Waals surface area (Å²) >= 11 is 0. The number of benzene rings is 2. The standard InChI is InChI=1S/C19H22N2O2/c1-13(2)15-9-6-14(7-10-15)8-11-18(22)21-17-5-3-4-16(12-17)19(20)23/h3-7,9-10,12-13H,8,11H2,1-2H3,(H2,20,23)(H,21,22). The molecule has 0 aromatic heterocycles. The lowest BCUT2D eigenvalue weighted by Gasteiger charge is -2.08. The van der Waals surface area contributed by atoms with Crippen LogP contribution in [0.3, 0.4) is 0 Å². The number of rotatable bonds is 6. The summed E-state index contributed by atoms with van der Waals surface area (Å²) in [5.74, 6) is -0.0872. The summed E-state index contributed by atoms with van der Waals surface area (Å²) in [5.41, 5.74) is 8.62. The minimum absolute atomic E-state index is 0.0837. The van der Waals surface area contributed by atoms with Gasteiger partial charge in [0.2, 0.25) is 11.8 Å². The van der Waals surface area contributed by atoms with Gasteiger partial charge < -0.3 is 11.1 Å². The molecule has 4 nitrogen and oxygen atoms in total. The summed E-state index contributed by atoms with van der Waals surface area (Å²) in [6, 6.07) is 15.0. The van der Waals surface area contributed by atoms with E-state index < -0.39 is 5.91 Å². The third-order valence-corrected chi connectivity index (χ3v) is 3.72. The fourth-order valence-corrected chi connectivity index (χ4v) is 2.30. The quantitative estimate of drug-likeness (QED) is 0.857. The fourth-order valence-electron chi connectivity index (χ4n) is 2.30. The van der Waals surface area contributed by atoms with E-state index in [0.29, 0.717) is 30.0 Å². The second-order valence-electron chi connectivity index (χ2n) is 5.89. The summed E-state index contributed by atoms with van der Waals surface area (Å²) in [7, 11) is 0. The molecule has 0 fully saturated rings. The Hall–Kier alpha value is -2.62. The van der Waals surface area contributed by atoms with Crippen molar-refractivity contribution in [1.82, 2.24) is 0 Å². The highest BCUT2D eigenvalue weighted by Crippen LogP contribution is 2.16. The molecule has 0 aliphatic heterocycles. The van der Waals surface area contributed by atoms with Gasteiger partial charge in [0.25, 0.3) is 0 Å². The van der Waals surface area contributed by atoms with Gasteiger partial charge in [-0.05, 0) is 41.7 Å². The molecule has 0 heterocycles. The van der Waals surface area contributed by atoms with Gasteiger partial charge in [-0.25, -0.2) is 0 Å². The predicted octanol–water partition coefficient (Wildman–Crippen LogP) is 3.48. The van der Waals surface area contributed by atoms with Crippen LogP contribution in [0.25, 0.3) is 0 Å². The molecule has 4 heteroatoms. The molecule has 0 aliphatic carbocycles. The van der Waals surface area contributed by atoms with Gasteiger partial charge in [-0.2, -0.15) is 0 Å². The van der Waals surface area contributed by atoms with E-state index in [2.05, 4.69) is 43.4 Å². The molecule has 23 heavy (non-hydrogen) atoms. The van der Waals surface area contributed by atoms with Crippen LogP contribution in [-0.4, -0.2) is 11.8 Å². The Morgan fingerprint density at radius 3 is 2.39 bits per heavy atom. The van der Waals surface area contributed by atoms with E-state index in [1.165, 1.54) is 5.56 Å². The van der Waals surface area contributed by atoms with Gasteiger partial charge in [-0.15, -0.1) is 0 Å². The molecule has 0 aliphatic rings. The number of carbonyl (C=O) groups is 2. The minimum atomic E-state index is -0.508. The third kappa shape index (κ3) is 4.95. The fraction of sp³-hybridized carbons (Fsp3) is 0.263. The maximum atomic E-state index is 12.0. The van der Waals surface area contributed by atoms with Gasteiger partial charge in [0.15, 0.2) is 0 Å². The summed E-state index contributed by atoms with van der Waals surface area (Å²) in [6.07, 6.45) is 1.07. The lowest BCUT2D eigenvalue weighted by atomic mass is 10.0. The number of anilines is 1. The van der Waals surface area contributed by atoms with Crippen LogP contribution in [0.1, 0.15) is 47.7 Å².